The van der Waals surface area contributed by atoms with E-state index in [-0.39, 0.29) is 0 Å². The van der Waals surface area contributed by atoms with Crippen LogP contribution in [0.5, 0.6) is 0 Å². The highest BCUT2D eigenvalue weighted by atomic mass is 19.3. The second kappa shape index (κ2) is 0.925. The molecule has 0 radical (unpaired) electrons. The van der Waals surface area contributed by atoms with Gasteiger partial charge in [0.05, 0.1) is 0 Å². The van der Waals surface area contributed by atoms with Crippen molar-refractivity contribution in [2.24, 2.45) is 0 Å². The fourth-order valence-electron chi connectivity index (χ4n) is 0. The predicted molar refractivity (Wildman–Crippen MR) is 9.94 cm³/mol. The summed E-state index contributed by atoms with van der Waals surface area (Å²) in [5.41, 5.74) is 0. The van der Waals surface area contributed by atoms with Gasteiger partial charge in [-0.3, -0.25) is 0 Å². The average Bonchev–Trinajstić information content (AvgIpc) is 0.811. The van der Waals surface area contributed by atoms with E-state index in [1.807, 2.05) is 0 Å². The summed E-state index contributed by atoms with van der Waals surface area (Å²) in [5, 5.41) is 5.17. The van der Waals surface area contributed by atoms with Crippen LogP contribution in [-0.2, 0) is 0 Å². The number of nitrogens with one attached hydrogen (secondary N) is 1. The SMILES string of the molecule is N=[13C](F)F. The van der Waals surface area contributed by atoms with Gasteiger partial charge in [0.15, 0.2) is 0 Å². The van der Waals surface area contributed by atoms with Crippen molar-refractivity contribution in [2.45, 2.75) is 0 Å². The van der Waals surface area contributed by atoms with E-state index in [4.69, 9.17) is 5.41 Å². The van der Waals surface area contributed by atoms with Gasteiger partial charge in [-0.25, -0.2) is 5.41 Å². The molecule has 0 bridgehead atoms. The largest absolute Gasteiger partial charge is 0.357 e. The molecule has 0 heterocycles. The van der Waals surface area contributed by atoms with Crippen LogP contribution in [0.25, 0.3) is 0 Å². The lowest BCUT2D eigenvalue weighted by Crippen LogP contribution is -1.58. The lowest BCUT2D eigenvalue weighted by atomic mass is 12.4. The Labute approximate surface area is 21.8 Å². The van der Waals surface area contributed by atoms with Crippen molar-refractivity contribution in [1.29, 1.82) is 5.41 Å². The van der Waals surface area contributed by atoms with Crippen LogP contribution in [0.3, 0.4) is 0 Å². The van der Waals surface area contributed by atoms with E-state index >= 15 is 0 Å². The second-order valence-corrected chi connectivity index (χ2v) is 0.260. The molecule has 0 unspecified atom stereocenters. The van der Waals surface area contributed by atoms with Crippen molar-refractivity contribution >= 4 is 6.22 Å². The quantitative estimate of drug-likeness (QED) is 0.320. The summed E-state index contributed by atoms with van der Waals surface area (Å²) in [6, 6.07) is 0. The van der Waals surface area contributed by atoms with Crippen LogP contribution >= 0.6 is 0 Å². The molecular formula is CHF2N. The lowest BCUT2D eigenvalue weighted by molar-refractivity contribution is 0.605. The monoisotopic (exact) mass is 66.0 g/mol. The predicted octanol–water partition coefficient (Wildman–Crippen LogP) is 0.860. The van der Waals surface area contributed by atoms with Crippen molar-refractivity contribution in [3.05, 3.63) is 0 Å². The van der Waals surface area contributed by atoms with Gasteiger partial charge in [0.2, 0.25) is 0 Å². The minimum Gasteiger partial charge on any atom is -0.248 e. The molecule has 0 fully saturated rings. The van der Waals surface area contributed by atoms with Crippen molar-refractivity contribution in [3.63, 3.8) is 0 Å². The Morgan fingerprint density at radius 2 is 1.50 bits per heavy atom. The number of hydrogen-bond donors (Lipinski definition) is 1. The van der Waals surface area contributed by atoms with Crippen molar-refractivity contribution in [1.82, 2.24) is 0 Å². The zero-order valence-electron chi connectivity index (χ0n) is 1.76. The third-order valence-electron chi connectivity index (χ3n) is 0. The third-order valence-corrected chi connectivity index (χ3v) is 0. The highest BCUT2D eigenvalue weighted by molar-refractivity contribution is 5.58. The summed E-state index contributed by atoms with van der Waals surface area (Å²) in [6.07, 6.45) is -2.33. The summed E-state index contributed by atoms with van der Waals surface area (Å²) in [4.78, 5) is 0. The highest BCUT2D eigenvalue weighted by Gasteiger charge is 1.70. The Morgan fingerprint density at radius 1 is 1.50 bits per heavy atom. The van der Waals surface area contributed by atoms with E-state index in [9.17, 15) is 8.78 Å². The topological polar surface area (TPSA) is 23.9 Å². The highest BCUT2D eigenvalue weighted by Crippen LogP contribution is 1.66. The maximum Gasteiger partial charge on any atom is 0.357 e. The molecule has 0 aliphatic heterocycles. The summed E-state index contributed by atoms with van der Waals surface area (Å²) in [7, 11) is 0. The molecule has 0 saturated heterocycles. The third kappa shape index (κ3) is 1.95. The Kier molecular flexibility index (Phi) is 0.817. The zero-order chi connectivity index (χ0) is 3.58. The summed E-state index contributed by atoms with van der Waals surface area (Å²) in [5.74, 6) is 0. The van der Waals surface area contributed by atoms with Crippen LogP contribution in [0.2, 0.25) is 0 Å². The summed E-state index contributed by atoms with van der Waals surface area (Å²) >= 11 is 0. The Hall–Kier alpha value is -0.470. The van der Waals surface area contributed by atoms with Crippen LogP contribution in [0.4, 0.5) is 8.78 Å². The fraction of sp³-hybridized carbons (Fsp3) is 0. The van der Waals surface area contributed by atoms with Crippen molar-refractivity contribution < 1.29 is 8.78 Å². The molecule has 1 N–H and O–H groups in total. The molecule has 1 nitrogen and oxygen atoms in total. The van der Waals surface area contributed by atoms with Gasteiger partial charge >= 0.3 is 6.22 Å². The zero-order valence-corrected chi connectivity index (χ0v) is 1.76. The smallest absolute Gasteiger partial charge is 0.248 e. The van der Waals surface area contributed by atoms with Gasteiger partial charge in [-0.1, -0.05) is 0 Å². The van der Waals surface area contributed by atoms with Gasteiger partial charge in [-0.2, -0.15) is 8.78 Å². The molecule has 24 valence electrons. The molecule has 0 aliphatic carbocycles. The molecule has 0 aromatic carbocycles. The van der Waals surface area contributed by atoms with Gasteiger partial charge in [-0.15, -0.1) is 0 Å². The average molecular weight is 66.0 g/mol. The van der Waals surface area contributed by atoms with Crippen LogP contribution in [-0.4, -0.2) is 6.22 Å². The summed E-state index contributed by atoms with van der Waals surface area (Å²) in [6.45, 7) is 0. The van der Waals surface area contributed by atoms with Crippen LogP contribution in [0.1, 0.15) is 0 Å². The van der Waals surface area contributed by atoms with Gasteiger partial charge in [0, 0.05) is 0 Å². The molecule has 4 heavy (non-hydrogen) atoms. The molecule has 0 saturated carbocycles. The van der Waals surface area contributed by atoms with E-state index in [2.05, 4.69) is 0 Å². The summed E-state index contributed by atoms with van der Waals surface area (Å²) < 4.78 is 19.8. The van der Waals surface area contributed by atoms with E-state index in [1.165, 1.54) is 0 Å². The number of rotatable bonds is 0. The van der Waals surface area contributed by atoms with Crippen LogP contribution < -0.4 is 0 Å². The molecule has 0 rings (SSSR count). The Bertz CT molecular complexity index is 29.0. The lowest BCUT2D eigenvalue weighted by Gasteiger charge is -1.51. The number of halogens is 2. The van der Waals surface area contributed by atoms with E-state index in [0.29, 0.717) is 0 Å². The second-order valence-electron chi connectivity index (χ2n) is 0.260. The minimum atomic E-state index is -2.33. The van der Waals surface area contributed by atoms with Gasteiger partial charge in [0.25, 0.3) is 0 Å². The van der Waals surface area contributed by atoms with Crippen molar-refractivity contribution in [2.75, 3.05) is 0 Å². The van der Waals surface area contributed by atoms with Crippen LogP contribution in [0, 0.1) is 5.41 Å². The van der Waals surface area contributed by atoms with Gasteiger partial charge in [-0.05, 0) is 0 Å². The number of hydrogen-bond acceptors (Lipinski definition) is 1. The first-order valence-electron chi connectivity index (χ1n) is 0.628. The molecule has 0 spiro atoms. The maximum atomic E-state index is 9.92. The first-order valence-corrected chi connectivity index (χ1v) is 0.628. The molecule has 0 aliphatic rings. The normalized spacial score (nSPS) is 6.50. The van der Waals surface area contributed by atoms with Crippen molar-refractivity contribution in [3.8, 4) is 0 Å². The molecular weight excluding hydrogens is 65.0 g/mol. The molecule has 0 amide bonds. The molecule has 0 atom stereocenters. The first-order chi connectivity index (χ1) is 1.73. The van der Waals surface area contributed by atoms with Gasteiger partial charge in [0.1, 0.15) is 0 Å². The Morgan fingerprint density at radius 3 is 1.50 bits per heavy atom. The fourth-order valence-corrected chi connectivity index (χ4v) is 0. The molecule has 3 heteroatoms. The van der Waals surface area contributed by atoms with E-state index < -0.39 is 6.22 Å². The first kappa shape index (κ1) is 3.53. The molecule has 0 aromatic heterocycles. The van der Waals surface area contributed by atoms with E-state index in [0.717, 1.165) is 0 Å². The van der Waals surface area contributed by atoms with Crippen LogP contribution in [0.15, 0.2) is 0 Å². The standard InChI is InChI=1S/CHF2N/c2-1(3)4/h4H/i1+1. The maximum absolute atomic E-state index is 9.92. The van der Waals surface area contributed by atoms with E-state index in [1.54, 1.807) is 0 Å². The molecule has 0 aromatic rings. The van der Waals surface area contributed by atoms with Gasteiger partial charge < -0.3 is 0 Å². The Balaban J connectivity index is 2.80. The minimum absolute atomic E-state index is 2.33.